The van der Waals surface area contributed by atoms with E-state index in [2.05, 4.69) is 24.3 Å². The summed E-state index contributed by atoms with van der Waals surface area (Å²) in [6.45, 7) is 1.83. The zero-order valence-corrected chi connectivity index (χ0v) is 14.6. The van der Waals surface area contributed by atoms with Crippen molar-refractivity contribution < 1.29 is 9.53 Å². The third kappa shape index (κ3) is 3.47. The highest BCUT2D eigenvalue weighted by atomic mass is 16.5. The van der Waals surface area contributed by atoms with Gasteiger partial charge in [0.1, 0.15) is 12.4 Å². The highest BCUT2D eigenvalue weighted by Crippen LogP contribution is 2.29. The molecule has 1 heterocycles. The van der Waals surface area contributed by atoms with E-state index in [9.17, 15) is 4.79 Å². The summed E-state index contributed by atoms with van der Waals surface area (Å²) in [7, 11) is 0. The van der Waals surface area contributed by atoms with Crippen LogP contribution in [0.25, 0.3) is 11.1 Å². The van der Waals surface area contributed by atoms with Crippen LogP contribution in [0.4, 0.5) is 0 Å². The van der Waals surface area contributed by atoms with Crippen molar-refractivity contribution in [2.24, 2.45) is 0 Å². The SMILES string of the molecule is O=C1c2ccc(-c3ccccc3)cc2OCCN1CCc1ccccc1. The Balaban J connectivity index is 1.54. The van der Waals surface area contributed by atoms with Crippen LogP contribution in [0, 0.1) is 0 Å². The van der Waals surface area contributed by atoms with Crippen LogP contribution in [0.5, 0.6) is 5.75 Å². The third-order valence-corrected chi connectivity index (χ3v) is 4.74. The quantitative estimate of drug-likeness (QED) is 0.701. The third-order valence-electron chi connectivity index (χ3n) is 4.74. The highest BCUT2D eigenvalue weighted by molar-refractivity contribution is 5.98. The molecule has 26 heavy (non-hydrogen) atoms. The lowest BCUT2D eigenvalue weighted by Gasteiger charge is -2.20. The summed E-state index contributed by atoms with van der Waals surface area (Å²) in [5.41, 5.74) is 4.08. The van der Waals surface area contributed by atoms with Gasteiger partial charge in [0.2, 0.25) is 0 Å². The van der Waals surface area contributed by atoms with Crippen LogP contribution in [0.3, 0.4) is 0 Å². The monoisotopic (exact) mass is 343 g/mol. The van der Waals surface area contributed by atoms with Crippen molar-refractivity contribution in [3.63, 3.8) is 0 Å². The van der Waals surface area contributed by atoms with E-state index in [1.807, 2.05) is 59.5 Å². The summed E-state index contributed by atoms with van der Waals surface area (Å²) in [6, 6.07) is 26.3. The molecule has 0 fully saturated rings. The van der Waals surface area contributed by atoms with Gasteiger partial charge in [0.05, 0.1) is 12.1 Å². The van der Waals surface area contributed by atoms with Gasteiger partial charge in [-0.2, -0.15) is 0 Å². The van der Waals surface area contributed by atoms with Crippen molar-refractivity contribution in [3.05, 3.63) is 90.0 Å². The molecule has 0 atom stereocenters. The molecule has 0 bridgehead atoms. The van der Waals surface area contributed by atoms with Crippen molar-refractivity contribution in [3.8, 4) is 16.9 Å². The zero-order chi connectivity index (χ0) is 17.8. The molecule has 0 aromatic heterocycles. The van der Waals surface area contributed by atoms with E-state index in [4.69, 9.17) is 4.74 Å². The minimum absolute atomic E-state index is 0.0491. The number of carbonyl (C=O) groups excluding carboxylic acids is 1. The molecule has 0 N–H and O–H groups in total. The molecule has 4 rings (SSSR count). The largest absolute Gasteiger partial charge is 0.491 e. The molecule has 1 amide bonds. The Morgan fingerprint density at radius 3 is 2.35 bits per heavy atom. The molecule has 3 aromatic rings. The standard InChI is InChI=1S/C23H21NO2/c25-23-21-12-11-20(19-9-5-2-6-10-19)17-22(21)26-16-15-24(23)14-13-18-7-3-1-4-8-18/h1-12,17H,13-16H2. The Morgan fingerprint density at radius 2 is 1.58 bits per heavy atom. The van der Waals surface area contributed by atoms with Crippen LogP contribution >= 0.6 is 0 Å². The summed E-state index contributed by atoms with van der Waals surface area (Å²) in [6.07, 6.45) is 0.851. The van der Waals surface area contributed by atoms with Crippen molar-refractivity contribution in [1.29, 1.82) is 0 Å². The van der Waals surface area contributed by atoms with Crippen LogP contribution in [0.2, 0.25) is 0 Å². The van der Waals surface area contributed by atoms with E-state index in [1.54, 1.807) is 0 Å². The topological polar surface area (TPSA) is 29.5 Å². The summed E-state index contributed by atoms with van der Waals surface area (Å²) in [4.78, 5) is 14.8. The first kappa shape index (κ1) is 16.4. The van der Waals surface area contributed by atoms with Gasteiger partial charge >= 0.3 is 0 Å². The molecule has 0 radical (unpaired) electrons. The number of fused-ring (bicyclic) bond motifs is 1. The maximum Gasteiger partial charge on any atom is 0.257 e. The molecular formula is C23H21NO2. The van der Waals surface area contributed by atoms with E-state index in [-0.39, 0.29) is 5.91 Å². The van der Waals surface area contributed by atoms with Crippen LogP contribution in [-0.2, 0) is 6.42 Å². The fourth-order valence-electron chi connectivity index (χ4n) is 3.29. The fraction of sp³-hybridized carbons (Fsp3) is 0.174. The summed E-state index contributed by atoms with van der Waals surface area (Å²) >= 11 is 0. The minimum atomic E-state index is 0.0491. The number of amides is 1. The molecule has 3 aromatic carbocycles. The number of benzene rings is 3. The van der Waals surface area contributed by atoms with Crippen molar-refractivity contribution in [2.45, 2.75) is 6.42 Å². The number of ether oxygens (including phenoxy) is 1. The smallest absolute Gasteiger partial charge is 0.257 e. The van der Waals surface area contributed by atoms with Crippen LogP contribution in [0.15, 0.2) is 78.9 Å². The number of rotatable bonds is 4. The maximum atomic E-state index is 13.0. The molecule has 1 aliphatic heterocycles. The van der Waals surface area contributed by atoms with E-state index < -0.39 is 0 Å². The molecule has 0 saturated carbocycles. The Kier molecular flexibility index (Phi) is 4.69. The first-order valence-electron chi connectivity index (χ1n) is 8.97. The zero-order valence-electron chi connectivity index (χ0n) is 14.6. The molecule has 0 saturated heterocycles. The second-order valence-electron chi connectivity index (χ2n) is 6.45. The molecule has 130 valence electrons. The first-order chi connectivity index (χ1) is 12.8. The van der Waals surface area contributed by atoms with Crippen LogP contribution in [-0.4, -0.2) is 30.5 Å². The minimum Gasteiger partial charge on any atom is -0.491 e. The predicted molar refractivity (Wildman–Crippen MR) is 103 cm³/mol. The Bertz CT molecular complexity index is 891. The fourth-order valence-corrected chi connectivity index (χ4v) is 3.29. The maximum absolute atomic E-state index is 13.0. The van der Waals surface area contributed by atoms with E-state index >= 15 is 0 Å². The van der Waals surface area contributed by atoms with Gasteiger partial charge < -0.3 is 9.64 Å². The lowest BCUT2D eigenvalue weighted by atomic mass is 10.0. The number of nitrogens with zero attached hydrogens (tertiary/aromatic N) is 1. The van der Waals surface area contributed by atoms with Gasteiger partial charge in [0.25, 0.3) is 5.91 Å². The average molecular weight is 343 g/mol. The predicted octanol–water partition coefficient (Wildman–Crippen LogP) is 4.43. The summed E-state index contributed by atoms with van der Waals surface area (Å²) in [5.74, 6) is 0.728. The van der Waals surface area contributed by atoms with Crippen molar-refractivity contribution in [2.75, 3.05) is 19.7 Å². The highest BCUT2D eigenvalue weighted by Gasteiger charge is 2.23. The van der Waals surface area contributed by atoms with Gasteiger partial charge in [0.15, 0.2) is 0 Å². The second-order valence-corrected chi connectivity index (χ2v) is 6.45. The Labute approximate surface area is 153 Å². The van der Waals surface area contributed by atoms with E-state index in [1.165, 1.54) is 5.56 Å². The average Bonchev–Trinajstić information content (AvgIpc) is 2.86. The van der Waals surface area contributed by atoms with Gasteiger partial charge in [0, 0.05) is 6.54 Å². The molecule has 3 nitrogen and oxygen atoms in total. The molecule has 1 aliphatic rings. The van der Waals surface area contributed by atoms with Crippen molar-refractivity contribution >= 4 is 5.91 Å². The lowest BCUT2D eigenvalue weighted by Crippen LogP contribution is -2.34. The Hall–Kier alpha value is -3.07. The molecule has 0 unspecified atom stereocenters. The van der Waals surface area contributed by atoms with Crippen molar-refractivity contribution in [1.82, 2.24) is 4.90 Å². The lowest BCUT2D eigenvalue weighted by molar-refractivity contribution is 0.0757. The number of hydrogen-bond donors (Lipinski definition) is 0. The van der Waals surface area contributed by atoms with Gasteiger partial charge in [-0.25, -0.2) is 0 Å². The van der Waals surface area contributed by atoms with Gasteiger partial charge in [-0.15, -0.1) is 0 Å². The molecule has 0 spiro atoms. The second kappa shape index (κ2) is 7.44. The van der Waals surface area contributed by atoms with E-state index in [0.29, 0.717) is 31.0 Å². The summed E-state index contributed by atoms with van der Waals surface area (Å²) in [5, 5.41) is 0. The van der Waals surface area contributed by atoms with Gasteiger partial charge in [-0.05, 0) is 35.2 Å². The first-order valence-corrected chi connectivity index (χ1v) is 8.97. The normalized spacial score (nSPS) is 13.7. The van der Waals surface area contributed by atoms with Gasteiger partial charge in [-0.3, -0.25) is 4.79 Å². The van der Waals surface area contributed by atoms with Crippen LogP contribution in [0.1, 0.15) is 15.9 Å². The Morgan fingerprint density at radius 1 is 0.846 bits per heavy atom. The van der Waals surface area contributed by atoms with Gasteiger partial charge in [-0.1, -0.05) is 66.7 Å². The molecular weight excluding hydrogens is 322 g/mol. The van der Waals surface area contributed by atoms with E-state index in [0.717, 1.165) is 17.5 Å². The molecule has 3 heteroatoms. The van der Waals surface area contributed by atoms with Crippen LogP contribution < -0.4 is 4.74 Å². The number of carbonyl (C=O) groups is 1. The number of hydrogen-bond acceptors (Lipinski definition) is 2. The summed E-state index contributed by atoms with van der Waals surface area (Å²) < 4.78 is 5.90. The molecule has 0 aliphatic carbocycles.